The maximum absolute atomic E-state index is 12.5. The molecule has 146 valence electrons. The standard InChI is InChI=1S/C20H17F3N2O3/c1-13-12-24-19(27-13)15-6-4-7-16(11-15)25-18(26)10-9-14-5-2-3-8-17(14)28-20(21,22)23/h2-8,11-12H,9-10H2,1H3,(H,25,26). The van der Waals surface area contributed by atoms with E-state index >= 15 is 0 Å². The van der Waals surface area contributed by atoms with E-state index in [0.29, 0.717) is 28.5 Å². The predicted octanol–water partition coefficient (Wildman–Crippen LogP) is 5.12. The number of oxazole rings is 1. The second-order valence-corrected chi connectivity index (χ2v) is 6.06. The Morgan fingerprint density at radius 3 is 2.68 bits per heavy atom. The number of alkyl halides is 3. The lowest BCUT2D eigenvalue weighted by Gasteiger charge is -2.13. The number of hydrogen-bond acceptors (Lipinski definition) is 4. The van der Waals surface area contributed by atoms with Crippen molar-refractivity contribution < 1.29 is 27.1 Å². The molecule has 0 saturated heterocycles. The van der Waals surface area contributed by atoms with Crippen LogP contribution in [0.2, 0.25) is 0 Å². The molecule has 28 heavy (non-hydrogen) atoms. The normalized spacial score (nSPS) is 11.3. The number of nitrogens with zero attached hydrogens (tertiary/aromatic N) is 1. The number of hydrogen-bond donors (Lipinski definition) is 1. The third-order valence-electron chi connectivity index (χ3n) is 3.83. The van der Waals surface area contributed by atoms with E-state index < -0.39 is 6.36 Å². The van der Waals surface area contributed by atoms with Crippen molar-refractivity contribution in [3.63, 3.8) is 0 Å². The van der Waals surface area contributed by atoms with Gasteiger partial charge in [0, 0.05) is 17.7 Å². The van der Waals surface area contributed by atoms with Gasteiger partial charge < -0.3 is 14.5 Å². The Morgan fingerprint density at radius 1 is 1.18 bits per heavy atom. The monoisotopic (exact) mass is 390 g/mol. The largest absolute Gasteiger partial charge is 0.573 e. The summed E-state index contributed by atoms with van der Waals surface area (Å²) in [6.45, 7) is 1.78. The molecular weight excluding hydrogens is 373 g/mol. The molecule has 0 fully saturated rings. The molecule has 0 aliphatic carbocycles. The molecule has 1 aromatic heterocycles. The van der Waals surface area contributed by atoms with Crippen molar-refractivity contribution in [1.82, 2.24) is 4.98 Å². The Kier molecular flexibility index (Phi) is 5.67. The third-order valence-corrected chi connectivity index (χ3v) is 3.83. The molecule has 0 saturated carbocycles. The number of halogens is 3. The van der Waals surface area contributed by atoms with E-state index in [1.54, 1.807) is 43.5 Å². The third kappa shape index (κ3) is 5.35. The molecule has 1 heterocycles. The van der Waals surface area contributed by atoms with Gasteiger partial charge in [-0.05, 0) is 43.2 Å². The minimum atomic E-state index is -4.78. The first-order valence-electron chi connectivity index (χ1n) is 8.46. The van der Waals surface area contributed by atoms with Crippen molar-refractivity contribution in [2.75, 3.05) is 5.32 Å². The van der Waals surface area contributed by atoms with E-state index in [-0.39, 0.29) is 24.5 Å². The van der Waals surface area contributed by atoms with Crippen molar-refractivity contribution in [2.24, 2.45) is 0 Å². The molecule has 8 heteroatoms. The van der Waals surface area contributed by atoms with Gasteiger partial charge in [-0.1, -0.05) is 24.3 Å². The number of rotatable bonds is 6. The quantitative estimate of drug-likeness (QED) is 0.635. The number of benzene rings is 2. The van der Waals surface area contributed by atoms with Gasteiger partial charge in [0.05, 0.1) is 6.20 Å². The summed E-state index contributed by atoms with van der Waals surface area (Å²) in [5.74, 6) is 0.475. The highest BCUT2D eigenvalue weighted by Crippen LogP contribution is 2.27. The Labute approximate surface area is 159 Å². The van der Waals surface area contributed by atoms with E-state index in [1.807, 2.05) is 0 Å². The minimum absolute atomic E-state index is 0.000564. The fourth-order valence-electron chi connectivity index (χ4n) is 2.62. The zero-order chi connectivity index (χ0) is 20.1. The van der Waals surface area contributed by atoms with Crippen molar-refractivity contribution in [1.29, 1.82) is 0 Å². The van der Waals surface area contributed by atoms with E-state index in [9.17, 15) is 18.0 Å². The van der Waals surface area contributed by atoms with Crippen LogP contribution in [0.15, 0.2) is 59.1 Å². The van der Waals surface area contributed by atoms with Crippen LogP contribution in [0.1, 0.15) is 17.7 Å². The van der Waals surface area contributed by atoms with Crippen LogP contribution < -0.4 is 10.1 Å². The Morgan fingerprint density at radius 2 is 1.96 bits per heavy atom. The molecule has 0 aliphatic heterocycles. The fourth-order valence-corrected chi connectivity index (χ4v) is 2.62. The number of para-hydroxylation sites is 1. The van der Waals surface area contributed by atoms with Crippen LogP contribution in [0.25, 0.3) is 11.5 Å². The lowest BCUT2D eigenvalue weighted by atomic mass is 10.1. The van der Waals surface area contributed by atoms with Crippen LogP contribution in [0.5, 0.6) is 5.75 Å². The van der Waals surface area contributed by atoms with Crippen LogP contribution in [-0.2, 0) is 11.2 Å². The topological polar surface area (TPSA) is 64.4 Å². The van der Waals surface area contributed by atoms with E-state index in [2.05, 4.69) is 15.0 Å². The van der Waals surface area contributed by atoms with Crippen molar-refractivity contribution in [3.8, 4) is 17.2 Å². The van der Waals surface area contributed by atoms with Crippen LogP contribution >= 0.6 is 0 Å². The van der Waals surface area contributed by atoms with Gasteiger partial charge in [0.25, 0.3) is 0 Å². The summed E-state index contributed by atoms with van der Waals surface area (Å²) in [6, 6.07) is 12.7. The van der Waals surface area contributed by atoms with E-state index in [0.717, 1.165) is 0 Å². The van der Waals surface area contributed by atoms with Crippen molar-refractivity contribution in [3.05, 3.63) is 66.1 Å². The molecule has 2 aromatic carbocycles. The molecule has 0 spiro atoms. The Bertz CT molecular complexity index is 967. The van der Waals surface area contributed by atoms with Gasteiger partial charge in [-0.2, -0.15) is 0 Å². The number of amides is 1. The number of ether oxygens (including phenoxy) is 1. The zero-order valence-electron chi connectivity index (χ0n) is 14.9. The second kappa shape index (κ2) is 8.16. The van der Waals surface area contributed by atoms with Crippen molar-refractivity contribution in [2.45, 2.75) is 26.1 Å². The highest BCUT2D eigenvalue weighted by molar-refractivity contribution is 5.91. The summed E-state index contributed by atoms with van der Waals surface area (Å²) < 4.78 is 46.9. The van der Waals surface area contributed by atoms with Gasteiger partial charge in [-0.3, -0.25) is 4.79 Å². The number of nitrogens with one attached hydrogen (secondary N) is 1. The fraction of sp³-hybridized carbons (Fsp3) is 0.200. The predicted molar refractivity (Wildman–Crippen MR) is 96.8 cm³/mol. The number of aryl methyl sites for hydroxylation is 2. The molecule has 0 radical (unpaired) electrons. The first kappa shape index (κ1) is 19.5. The maximum atomic E-state index is 12.5. The zero-order valence-corrected chi connectivity index (χ0v) is 14.9. The van der Waals surface area contributed by atoms with Crippen LogP contribution in [0.3, 0.4) is 0 Å². The summed E-state index contributed by atoms with van der Waals surface area (Å²) in [6.07, 6.45) is -3.07. The Balaban J connectivity index is 1.63. The van der Waals surface area contributed by atoms with Crippen LogP contribution in [0, 0.1) is 6.92 Å². The van der Waals surface area contributed by atoms with Crippen LogP contribution in [0.4, 0.5) is 18.9 Å². The lowest BCUT2D eigenvalue weighted by Crippen LogP contribution is -2.18. The highest BCUT2D eigenvalue weighted by atomic mass is 19.4. The molecule has 0 atom stereocenters. The average molecular weight is 390 g/mol. The van der Waals surface area contributed by atoms with Gasteiger partial charge in [-0.15, -0.1) is 13.2 Å². The molecule has 0 unspecified atom stereocenters. The molecule has 0 bridgehead atoms. The summed E-state index contributed by atoms with van der Waals surface area (Å²) in [5, 5.41) is 2.73. The first-order chi connectivity index (χ1) is 13.3. The van der Waals surface area contributed by atoms with Gasteiger partial charge in [0.1, 0.15) is 11.5 Å². The summed E-state index contributed by atoms with van der Waals surface area (Å²) in [7, 11) is 0. The maximum Gasteiger partial charge on any atom is 0.573 e. The molecule has 5 nitrogen and oxygen atoms in total. The molecule has 0 aliphatic rings. The summed E-state index contributed by atoms with van der Waals surface area (Å²) in [4.78, 5) is 16.4. The van der Waals surface area contributed by atoms with Gasteiger partial charge in [0.15, 0.2) is 0 Å². The summed E-state index contributed by atoms with van der Waals surface area (Å²) >= 11 is 0. The molecular formula is C20H17F3N2O3. The average Bonchev–Trinajstić information content (AvgIpc) is 3.06. The number of anilines is 1. The molecule has 1 N–H and O–H groups in total. The smallest absolute Gasteiger partial charge is 0.441 e. The Hall–Kier alpha value is -3.29. The SMILES string of the molecule is Cc1cnc(-c2cccc(NC(=O)CCc3ccccc3OC(F)(F)F)c2)o1. The van der Waals surface area contributed by atoms with Crippen molar-refractivity contribution >= 4 is 11.6 Å². The highest BCUT2D eigenvalue weighted by Gasteiger charge is 2.31. The molecule has 1 amide bonds. The van der Waals surface area contributed by atoms with Gasteiger partial charge >= 0.3 is 6.36 Å². The number of aromatic nitrogens is 1. The lowest BCUT2D eigenvalue weighted by molar-refractivity contribution is -0.274. The van der Waals surface area contributed by atoms with E-state index in [1.165, 1.54) is 18.2 Å². The minimum Gasteiger partial charge on any atom is -0.441 e. The molecule has 3 aromatic rings. The van der Waals surface area contributed by atoms with E-state index in [4.69, 9.17) is 4.42 Å². The van der Waals surface area contributed by atoms with Gasteiger partial charge in [-0.25, -0.2) is 4.98 Å². The first-order valence-corrected chi connectivity index (χ1v) is 8.46. The number of carbonyl (C=O) groups is 1. The van der Waals surface area contributed by atoms with Crippen LogP contribution in [-0.4, -0.2) is 17.3 Å². The number of carbonyl (C=O) groups excluding carboxylic acids is 1. The second-order valence-electron chi connectivity index (χ2n) is 6.06. The summed E-state index contributed by atoms with van der Waals surface area (Å²) in [5.41, 5.74) is 1.55. The van der Waals surface area contributed by atoms with Gasteiger partial charge in [0.2, 0.25) is 11.8 Å². The molecule has 3 rings (SSSR count).